The smallest absolute Gasteiger partial charge is 0.139 e. The summed E-state index contributed by atoms with van der Waals surface area (Å²) < 4.78 is 11.1. The second-order valence-corrected chi connectivity index (χ2v) is 4.10. The van der Waals surface area contributed by atoms with Crippen LogP contribution in [-0.4, -0.2) is 30.0 Å². The van der Waals surface area contributed by atoms with Gasteiger partial charge in [-0.15, -0.1) is 0 Å². The van der Waals surface area contributed by atoms with Gasteiger partial charge >= 0.3 is 0 Å². The van der Waals surface area contributed by atoms with Crippen LogP contribution in [0, 0.1) is 0 Å². The van der Waals surface area contributed by atoms with E-state index in [0.717, 1.165) is 19.3 Å². The minimum atomic E-state index is -0.650. The molecule has 0 aromatic heterocycles. The van der Waals surface area contributed by atoms with Crippen LogP contribution in [0.5, 0.6) is 0 Å². The summed E-state index contributed by atoms with van der Waals surface area (Å²) in [7, 11) is 0. The van der Waals surface area contributed by atoms with Crippen molar-refractivity contribution in [3.63, 3.8) is 0 Å². The molecule has 0 radical (unpaired) electrons. The van der Waals surface area contributed by atoms with Crippen molar-refractivity contribution >= 4 is 0 Å². The van der Waals surface area contributed by atoms with Crippen LogP contribution in [0.2, 0.25) is 0 Å². The predicted molar refractivity (Wildman–Crippen MR) is 59.6 cm³/mol. The second kappa shape index (κ2) is 5.52. The highest BCUT2D eigenvalue weighted by Crippen LogP contribution is 2.27. The Morgan fingerprint density at radius 3 is 2.80 bits per heavy atom. The molecule has 3 heteroatoms. The van der Waals surface area contributed by atoms with Crippen LogP contribution in [0.15, 0.2) is 11.8 Å². The van der Waals surface area contributed by atoms with Crippen LogP contribution in [0.3, 0.4) is 0 Å². The molecular weight excluding hydrogens is 192 g/mol. The number of hydrogen-bond acceptors (Lipinski definition) is 3. The van der Waals surface area contributed by atoms with Crippen molar-refractivity contribution in [2.45, 2.75) is 51.7 Å². The highest BCUT2D eigenvalue weighted by molar-refractivity contribution is 5.08. The molecule has 0 spiro atoms. The lowest BCUT2D eigenvalue weighted by Gasteiger charge is -2.35. The van der Waals surface area contributed by atoms with Gasteiger partial charge in [0.15, 0.2) is 0 Å². The molecule has 1 aliphatic rings. The van der Waals surface area contributed by atoms with Crippen molar-refractivity contribution in [3.8, 4) is 0 Å². The number of allylic oxidation sites excluding steroid dienone is 1. The van der Waals surface area contributed by atoms with Crippen molar-refractivity contribution < 1.29 is 14.6 Å². The first-order valence-electron chi connectivity index (χ1n) is 5.79. The van der Waals surface area contributed by atoms with Crippen molar-refractivity contribution in [3.05, 3.63) is 11.8 Å². The molecule has 1 N–H and O–H groups in total. The van der Waals surface area contributed by atoms with Crippen molar-refractivity contribution in [2.75, 3.05) is 13.2 Å². The largest absolute Gasteiger partial charge is 0.495 e. The number of hydrogen-bond donors (Lipinski definition) is 1. The van der Waals surface area contributed by atoms with E-state index in [0.29, 0.717) is 19.0 Å². The molecule has 88 valence electrons. The van der Waals surface area contributed by atoms with Gasteiger partial charge in [0.1, 0.15) is 11.9 Å². The fraction of sp³-hybridized carbons (Fsp3) is 0.833. The molecule has 0 saturated carbocycles. The molecule has 0 aromatic carbocycles. The monoisotopic (exact) mass is 214 g/mol. The van der Waals surface area contributed by atoms with Gasteiger partial charge in [-0.1, -0.05) is 6.92 Å². The van der Waals surface area contributed by atoms with Crippen molar-refractivity contribution in [1.29, 1.82) is 0 Å². The number of ether oxygens (including phenoxy) is 2. The summed E-state index contributed by atoms with van der Waals surface area (Å²) in [5, 5.41) is 10.2. The Morgan fingerprint density at radius 2 is 2.33 bits per heavy atom. The third-order valence-corrected chi connectivity index (χ3v) is 2.99. The Labute approximate surface area is 92.1 Å². The molecule has 0 aliphatic carbocycles. The number of aliphatic hydroxyl groups is 1. The van der Waals surface area contributed by atoms with E-state index in [-0.39, 0.29) is 0 Å². The third-order valence-electron chi connectivity index (χ3n) is 2.99. The molecule has 0 amide bonds. The highest BCUT2D eigenvalue weighted by atomic mass is 16.5. The zero-order valence-electron chi connectivity index (χ0n) is 9.95. The predicted octanol–water partition coefficient (Wildman–Crippen LogP) is 2.25. The molecule has 3 nitrogen and oxygen atoms in total. The summed E-state index contributed by atoms with van der Waals surface area (Å²) in [5.41, 5.74) is -0.530. The van der Waals surface area contributed by atoms with Crippen LogP contribution in [0.25, 0.3) is 0 Å². The molecule has 15 heavy (non-hydrogen) atoms. The maximum Gasteiger partial charge on any atom is 0.139 e. The number of aliphatic hydroxyl groups excluding tert-OH is 1. The molecular formula is C12H22O3. The second-order valence-electron chi connectivity index (χ2n) is 4.10. The van der Waals surface area contributed by atoms with Crippen LogP contribution in [0.4, 0.5) is 0 Å². The Morgan fingerprint density at radius 1 is 1.60 bits per heavy atom. The number of rotatable bonds is 5. The molecule has 0 bridgehead atoms. The molecule has 0 aromatic rings. The van der Waals surface area contributed by atoms with Crippen LogP contribution in [-0.2, 0) is 9.47 Å². The minimum Gasteiger partial charge on any atom is -0.495 e. The average Bonchev–Trinajstić information content (AvgIpc) is 2.29. The summed E-state index contributed by atoms with van der Waals surface area (Å²) in [6.07, 6.45) is 4.11. The van der Waals surface area contributed by atoms with Gasteiger partial charge in [-0.05, 0) is 39.2 Å². The van der Waals surface area contributed by atoms with E-state index in [1.54, 1.807) is 0 Å². The van der Waals surface area contributed by atoms with Gasteiger partial charge in [0.05, 0.1) is 12.2 Å². The zero-order valence-corrected chi connectivity index (χ0v) is 9.95. The molecule has 2 unspecified atom stereocenters. The van der Waals surface area contributed by atoms with E-state index < -0.39 is 11.7 Å². The summed E-state index contributed by atoms with van der Waals surface area (Å²) in [4.78, 5) is 0. The zero-order chi connectivity index (χ0) is 11.3. The Kier molecular flexibility index (Phi) is 4.61. The topological polar surface area (TPSA) is 38.7 Å². The standard InChI is InChI=1S/C12H22O3/c1-4-12(3,15-5-2)11(13)10-8-6-7-9-14-10/h8,11,13H,4-7,9H2,1-3H3. The highest BCUT2D eigenvalue weighted by Gasteiger charge is 2.35. The Bertz CT molecular complexity index is 225. The molecule has 1 rings (SSSR count). The van der Waals surface area contributed by atoms with Crippen LogP contribution >= 0.6 is 0 Å². The van der Waals surface area contributed by atoms with Gasteiger partial charge in [-0.3, -0.25) is 0 Å². The molecule has 2 atom stereocenters. The van der Waals surface area contributed by atoms with E-state index in [1.165, 1.54) is 0 Å². The lowest BCUT2D eigenvalue weighted by molar-refractivity contribution is -0.113. The summed E-state index contributed by atoms with van der Waals surface area (Å²) in [6, 6.07) is 0. The van der Waals surface area contributed by atoms with E-state index in [2.05, 4.69) is 0 Å². The van der Waals surface area contributed by atoms with Crippen LogP contribution in [0.1, 0.15) is 40.0 Å². The first kappa shape index (κ1) is 12.5. The van der Waals surface area contributed by atoms with Crippen molar-refractivity contribution in [2.24, 2.45) is 0 Å². The van der Waals surface area contributed by atoms with E-state index in [1.807, 2.05) is 26.8 Å². The van der Waals surface area contributed by atoms with Gasteiger partial charge < -0.3 is 14.6 Å². The summed E-state index contributed by atoms with van der Waals surface area (Å²) >= 11 is 0. The lowest BCUT2D eigenvalue weighted by Crippen LogP contribution is -2.43. The van der Waals surface area contributed by atoms with Gasteiger partial charge in [-0.2, -0.15) is 0 Å². The fourth-order valence-corrected chi connectivity index (χ4v) is 1.77. The quantitative estimate of drug-likeness (QED) is 0.763. The maximum atomic E-state index is 10.2. The summed E-state index contributed by atoms with van der Waals surface area (Å²) in [5.74, 6) is 0.680. The van der Waals surface area contributed by atoms with Crippen LogP contribution < -0.4 is 0 Å². The molecule has 1 heterocycles. The van der Waals surface area contributed by atoms with Gasteiger partial charge in [0, 0.05) is 6.61 Å². The van der Waals surface area contributed by atoms with Gasteiger partial charge in [-0.25, -0.2) is 0 Å². The third kappa shape index (κ3) is 2.95. The fourth-order valence-electron chi connectivity index (χ4n) is 1.77. The van der Waals surface area contributed by atoms with E-state index in [4.69, 9.17) is 9.47 Å². The van der Waals surface area contributed by atoms with Gasteiger partial charge in [0.25, 0.3) is 0 Å². The van der Waals surface area contributed by atoms with Gasteiger partial charge in [0.2, 0.25) is 0 Å². The summed E-state index contributed by atoms with van der Waals surface area (Å²) in [6.45, 7) is 7.20. The SMILES string of the molecule is CCOC(C)(CC)C(O)C1=CCCCO1. The maximum absolute atomic E-state index is 10.2. The van der Waals surface area contributed by atoms with Crippen molar-refractivity contribution in [1.82, 2.24) is 0 Å². The molecule has 0 saturated heterocycles. The van der Waals surface area contributed by atoms with E-state index in [9.17, 15) is 5.11 Å². The lowest BCUT2D eigenvalue weighted by atomic mass is 9.93. The van der Waals surface area contributed by atoms with E-state index >= 15 is 0 Å². The molecule has 0 fully saturated rings. The normalized spacial score (nSPS) is 22.5. The Hall–Kier alpha value is -0.540. The molecule has 1 aliphatic heterocycles. The minimum absolute atomic E-state index is 0.530. The first-order chi connectivity index (χ1) is 7.14. The average molecular weight is 214 g/mol. The Balaban J connectivity index is 2.70. The first-order valence-corrected chi connectivity index (χ1v) is 5.79.